The monoisotopic (exact) mass is 355 g/mol. The second kappa shape index (κ2) is 8.04. The van der Waals surface area contributed by atoms with Crippen molar-refractivity contribution in [3.63, 3.8) is 0 Å². The van der Waals surface area contributed by atoms with E-state index in [1.54, 1.807) is 6.07 Å². The molecule has 0 aliphatic heterocycles. The molecule has 0 unspecified atom stereocenters. The molecule has 3 aromatic carbocycles. The predicted octanol–water partition coefficient (Wildman–Crippen LogP) is 5.98. The summed E-state index contributed by atoms with van der Waals surface area (Å²) in [5.41, 5.74) is 3.83. The Bertz CT molecular complexity index is 866. The molecule has 0 aromatic heterocycles. The summed E-state index contributed by atoms with van der Waals surface area (Å²) in [6, 6.07) is 20.0. The lowest BCUT2D eigenvalue weighted by Gasteiger charge is -2.14. The zero-order chi connectivity index (χ0) is 17.6. The summed E-state index contributed by atoms with van der Waals surface area (Å²) < 4.78 is 19.2. The van der Waals surface area contributed by atoms with Crippen molar-refractivity contribution in [1.29, 1.82) is 0 Å². The van der Waals surface area contributed by atoms with Crippen molar-refractivity contribution in [2.75, 3.05) is 5.32 Å². The molecule has 25 heavy (non-hydrogen) atoms. The molecular weight excluding hydrogens is 337 g/mol. The Labute approximate surface area is 152 Å². The van der Waals surface area contributed by atoms with Crippen molar-refractivity contribution in [1.82, 2.24) is 0 Å². The number of rotatable bonds is 6. The summed E-state index contributed by atoms with van der Waals surface area (Å²) in [7, 11) is 0. The molecule has 3 rings (SSSR count). The fourth-order valence-electron chi connectivity index (χ4n) is 2.57. The maximum Gasteiger partial charge on any atom is 0.124 e. The Morgan fingerprint density at radius 2 is 1.80 bits per heavy atom. The first-order valence-electron chi connectivity index (χ1n) is 8.07. The van der Waals surface area contributed by atoms with E-state index in [9.17, 15) is 4.39 Å². The first-order chi connectivity index (χ1) is 12.1. The number of ether oxygens (including phenoxy) is 1. The van der Waals surface area contributed by atoms with E-state index >= 15 is 0 Å². The van der Waals surface area contributed by atoms with Crippen molar-refractivity contribution in [2.45, 2.75) is 20.1 Å². The highest BCUT2D eigenvalue weighted by Crippen LogP contribution is 2.25. The highest BCUT2D eigenvalue weighted by molar-refractivity contribution is 6.31. The molecule has 0 aliphatic rings. The molecule has 0 bridgehead atoms. The van der Waals surface area contributed by atoms with Crippen LogP contribution in [0.15, 0.2) is 66.7 Å². The van der Waals surface area contributed by atoms with Crippen molar-refractivity contribution in [2.24, 2.45) is 0 Å². The first-order valence-corrected chi connectivity index (χ1v) is 8.45. The smallest absolute Gasteiger partial charge is 0.124 e. The predicted molar refractivity (Wildman–Crippen MR) is 101 cm³/mol. The lowest BCUT2D eigenvalue weighted by Crippen LogP contribution is -2.04. The molecule has 0 fully saturated rings. The Balaban J connectivity index is 1.69. The molecule has 0 saturated heterocycles. The third-order valence-corrected chi connectivity index (χ3v) is 4.40. The minimum atomic E-state index is -0.257. The van der Waals surface area contributed by atoms with Gasteiger partial charge in [0.05, 0.1) is 0 Å². The summed E-state index contributed by atoms with van der Waals surface area (Å²) >= 11 is 6.16. The minimum Gasteiger partial charge on any atom is -0.489 e. The van der Waals surface area contributed by atoms with Gasteiger partial charge < -0.3 is 10.1 Å². The normalized spacial score (nSPS) is 10.5. The van der Waals surface area contributed by atoms with Gasteiger partial charge in [-0.2, -0.15) is 0 Å². The minimum absolute atomic E-state index is 0.257. The molecule has 128 valence electrons. The SMILES string of the molecule is Cc1c(Cl)cccc1NCc1ccccc1OCc1cccc(F)c1. The van der Waals surface area contributed by atoms with Gasteiger partial charge in [0.25, 0.3) is 0 Å². The molecule has 3 aromatic rings. The zero-order valence-electron chi connectivity index (χ0n) is 13.9. The van der Waals surface area contributed by atoms with E-state index in [-0.39, 0.29) is 5.82 Å². The van der Waals surface area contributed by atoms with E-state index in [4.69, 9.17) is 16.3 Å². The molecule has 0 heterocycles. The number of hydrogen-bond acceptors (Lipinski definition) is 2. The molecule has 0 radical (unpaired) electrons. The molecule has 1 N–H and O–H groups in total. The lowest BCUT2D eigenvalue weighted by atomic mass is 10.1. The molecule has 0 aliphatic carbocycles. The van der Waals surface area contributed by atoms with Crippen LogP contribution in [0.5, 0.6) is 5.75 Å². The van der Waals surface area contributed by atoms with Gasteiger partial charge in [-0.1, -0.05) is 48.0 Å². The van der Waals surface area contributed by atoms with Gasteiger partial charge in [-0.3, -0.25) is 0 Å². The maximum atomic E-state index is 13.3. The summed E-state index contributed by atoms with van der Waals surface area (Å²) in [4.78, 5) is 0. The fourth-order valence-corrected chi connectivity index (χ4v) is 2.74. The van der Waals surface area contributed by atoms with Gasteiger partial charge in [-0.15, -0.1) is 0 Å². The second-order valence-electron chi connectivity index (χ2n) is 5.79. The number of hydrogen-bond donors (Lipinski definition) is 1. The third-order valence-electron chi connectivity index (χ3n) is 3.99. The zero-order valence-corrected chi connectivity index (χ0v) is 14.7. The van der Waals surface area contributed by atoms with Crippen LogP contribution in [0, 0.1) is 12.7 Å². The van der Waals surface area contributed by atoms with Crippen LogP contribution in [0.3, 0.4) is 0 Å². The summed E-state index contributed by atoms with van der Waals surface area (Å²) in [6.07, 6.45) is 0. The first kappa shape index (κ1) is 17.3. The topological polar surface area (TPSA) is 21.3 Å². The van der Waals surface area contributed by atoms with Crippen molar-refractivity contribution in [3.8, 4) is 5.75 Å². The van der Waals surface area contributed by atoms with E-state index < -0.39 is 0 Å². The van der Waals surface area contributed by atoms with Gasteiger partial charge in [0.1, 0.15) is 18.2 Å². The fraction of sp³-hybridized carbons (Fsp3) is 0.143. The van der Waals surface area contributed by atoms with Gasteiger partial charge in [0, 0.05) is 22.8 Å². The Hall–Kier alpha value is -2.52. The largest absolute Gasteiger partial charge is 0.489 e. The third kappa shape index (κ3) is 4.52. The van der Waals surface area contributed by atoms with Crippen LogP contribution in [0.2, 0.25) is 5.02 Å². The molecule has 2 nitrogen and oxygen atoms in total. The van der Waals surface area contributed by atoms with Gasteiger partial charge >= 0.3 is 0 Å². The second-order valence-corrected chi connectivity index (χ2v) is 6.20. The highest BCUT2D eigenvalue weighted by atomic mass is 35.5. The number of benzene rings is 3. The molecule has 0 saturated carbocycles. The Morgan fingerprint density at radius 3 is 2.64 bits per heavy atom. The summed E-state index contributed by atoms with van der Waals surface area (Å²) in [5.74, 6) is 0.520. The molecule has 4 heteroatoms. The van der Waals surface area contributed by atoms with Gasteiger partial charge in [0.15, 0.2) is 0 Å². The quantitative estimate of drug-likeness (QED) is 0.587. The highest BCUT2D eigenvalue weighted by Gasteiger charge is 2.06. The van der Waals surface area contributed by atoms with E-state index in [2.05, 4.69) is 5.32 Å². The number of halogens is 2. The Morgan fingerprint density at radius 1 is 1.00 bits per heavy atom. The van der Waals surface area contributed by atoms with Gasteiger partial charge in [-0.05, 0) is 48.4 Å². The standard InChI is InChI=1S/C21H19ClFNO/c1-15-19(22)9-5-10-20(15)24-13-17-7-2-3-11-21(17)25-14-16-6-4-8-18(23)12-16/h2-12,24H,13-14H2,1H3. The maximum absolute atomic E-state index is 13.3. The lowest BCUT2D eigenvalue weighted by molar-refractivity contribution is 0.302. The van der Waals surface area contributed by atoms with E-state index in [0.717, 1.165) is 33.1 Å². The average Bonchev–Trinajstić information content (AvgIpc) is 2.62. The van der Waals surface area contributed by atoms with Crippen molar-refractivity contribution < 1.29 is 9.13 Å². The van der Waals surface area contributed by atoms with Crippen molar-refractivity contribution >= 4 is 17.3 Å². The van der Waals surface area contributed by atoms with E-state index in [1.807, 2.05) is 55.5 Å². The van der Waals surface area contributed by atoms with Crippen LogP contribution in [0.1, 0.15) is 16.7 Å². The molecular formula is C21H19ClFNO. The van der Waals surface area contributed by atoms with Crippen molar-refractivity contribution in [3.05, 3.63) is 94.3 Å². The van der Waals surface area contributed by atoms with Gasteiger partial charge in [0.2, 0.25) is 0 Å². The van der Waals surface area contributed by atoms with Crippen LogP contribution < -0.4 is 10.1 Å². The van der Waals surface area contributed by atoms with Crippen LogP contribution in [-0.2, 0) is 13.2 Å². The van der Waals surface area contributed by atoms with Crippen LogP contribution in [0.4, 0.5) is 10.1 Å². The van der Waals surface area contributed by atoms with Crippen LogP contribution in [-0.4, -0.2) is 0 Å². The summed E-state index contributed by atoms with van der Waals surface area (Å²) in [5, 5.41) is 4.13. The van der Waals surface area contributed by atoms with Gasteiger partial charge in [-0.25, -0.2) is 4.39 Å². The van der Waals surface area contributed by atoms with Crippen LogP contribution in [0.25, 0.3) is 0 Å². The number of nitrogens with one attached hydrogen (secondary N) is 1. The number of anilines is 1. The van der Waals surface area contributed by atoms with E-state index in [1.165, 1.54) is 12.1 Å². The molecule has 0 spiro atoms. The van der Waals surface area contributed by atoms with E-state index in [0.29, 0.717) is 13.2 Å². The van der Waals surface area contributed by atoms with Crippen LogP contribution >= 0.6 is 11.6 Å². The average molecular weight is 356 g/mol. The summed E-state index contributed by atoms with van der Waals surface area (Å²) in [6.45, 7) is 2.92. The molecule has 0 atom stereocenters. The Kier molecular flexibility index (Phi) is 5.56. The number of para-hydroxylation sites is 1. The molecule has 0 amide bonds.